The highest BCUT2D eigenvalue weighted by atomic mass is 32.2. The van der Waals surface area contributed by atoms with E-state index in [9.17, 15) is 5.11 Å². The van der Waals surface area contributed by atoms with Crippen LogP contribution in [0.1, 0.15) is 46.1 Å². The first-order valence-electron chi connectivity index (χ1n) is 7.42. The maximum Gasteiger partial charge on any atom is 0.0867 e. The molecule has 0 aliphatic heterocycles. The minimum Gasteiger partial charge on any atom is -0.390 e. The Morgan fingerprint density at radius 2 is 1.85 bits per heavy atom. The Balaban J connectivity index is 2.31. The van der Waals surface area contributed by atoms with Gasteiger partial charge in [-0.25, -0.2) is 0 Å². The van der Waals surface area contributed by atoms with Crippen LogP contribution in [0.5, 0.6) is 0 Å². The normalized spacial score (nSPS) is 13.4. The lowest BCUT2D eigenvalue weighted by Gasteiger charge is -2.19. The summed E-state index contributed by atoms with van der Waals surface area (Å²) in [5, 5.41) is 9.85. The third kappa shape index (κ3) is 6.78. The van der Waals surface area contributed by atoms with Crippen LogP contribution >= 0.6 is 11.8 Å². The monoisotopic (exact) mass is 296 g/mol. The summed E-state index contributed by atoms with van der Waals surface area (Å²) in [6.07, 6.45) is 1.80. The van der Waals surface area contributed by atoms with E-state index in [2.05, 4.69) is 52.0 Å². The number of benzene rings is 1. The summed E-state index contributed by atoms with van der Waals surface area (Å²) < 4.78 is 5.42. The SMILES string of the molecule is CCCCOCC(O)CSc1ccc(C(C)(C)C)cc1. The van der Waals surface area contributed by atoms with Gasteiger partial charge in [-0.05, 0) is 29.5 Å². The van der Waals surface area contributed by atoms with Gasteiger partial charge in [0.15, 0.2) is 0 Å². The van der Waals surface area contributed by atoms with Gasteiger partial charge in [0.2, 0.25) is 0 Å². The zero-order valence-electron chi connectivity index (χ0n) is 13.2. The molecule has 0 fully saturated rings. The number of hydrogen-bond acceptors (Lipinski definition) is 3. The van der Waals surface area contributed by atoms with Crippen LogP contribution in [-0.2, 0) is 10.2 Å². The molecule has 0 spiro atoms. The molecular formula is C17H28O2S. The van der Waals surface area contributed by atoms with Crippen LogP contribution in [0.25, 0.3) is 0 Å². The van der Waals surface area contributed by atoms with Crippen LogP contribution < -0.4 is 0 Å². The topological polar surface area (TPSA) is 29.5 Å². The van der Waals surface area contributed by atoms with Crippen molar-refractivity contribution in [3.05, 3.63) is 29.8 Å². The highest BCUT2D eigenvalue weighted by Crippen LogP contribution is 2.25. The lowest BCUT2D eigenvalue weighted by Crippen LogP contribution is -2.18. The Labute approximate surface area is 127 Å². The summed E-state index contributed by atoms with van der Waals surface area (Å²) >= 11 is 1.68. The van der Waals surface area contributed by atoms with Gasteiger partial charge in [-0.3, -0.25) is 0 Å². The molecule has 0 amide bonds. The van der Waals surface area contributed by atoms with Crippen molar-refractivity contribution in [1.82, 2.24) is 0 Å². The van der Waals surface area contributed by atoms with E-state index in [1.54, 1.807) is 11.8 Å². The molecule has 0 saturated heterocycles. The van der Waals surface area contributed by atoms with E-state index >= 15 is 0 Å². The first kappa shape index (κ1) is 17.5. The van der Waals surface area contributed by atoms with Crippen molar-refractivity contribution in [3.63, 3.8) is 0 Å². The summed E-state index contributed by atoms with van der Waals surface area (Å²) in [5.41, 5.74) is 1.53. The summed E-state index contributed by atoms with van der Waals surface area (Å²) in [6, 6.07) is 8.62. The van der Waals surface area contributed by atoms with E-state index < -0.39 is 0 Å². The van der Waals surface area contributed by atoms with Crippen molar-refractivity contribution in [2.24, 2.45) is 0 Å². The molecule has 3 heteroatoms. The second-order valence-electron chi connectivity index (χ2n) is 6.17. The molecule has 0 radical (unpaired) electrons. The van der Waals surface area contributed by atoms with E-state index in [1.165, 1.54) is 10.5 Å². The predicted molar refractivity (Wildman–Crippen MR) is 87.6 cm³/mol. The highest BCUT2D eigenvalue weighted by Gasteiger charge is 2.13. The van der Waals surface area contributed by atoms with Crippen LogP contribution in [0.15, 0.2) is 29.2 Å². The fourth-order valence-corrected chi connectivity index (χ4v) is 2.57. The molecule has 1 N–H and O–H groups in total. The molecule has 20 heavy (non-hydrogen) atoms. The number of ether oxygens (including phenoxy) is 1. The number of rotatable bonds is 8. The Hall–Kier alpha value is -0.510. The summed E-state index contributed by atoms with van der Waals surface area (Å²) in [5.74, 6) is 0.682. The molecule has 0 heterocycles. The number of aliphatic hydroxyl groups is 1. The Kier molecular flexibility index (Phi) is 7.63. The second-order valence-corrected chi connectivity index (χ2v) is 7.26. The zero-order chi connectivity index (χ0) is 15.0. The van der Waals surface area contributed by atoms with Gasteiger partial charge >= 0.3 is 0 Å². The highest BCUT2D eigenvalue weighted by molar-refractivity contribution is 7.99. The molecule has 0 saturated carbocycles. The van der Waals surface area contributed by atoms with E-state index in [0.717, 1.165) is 19.4 Å². The number of unbranched alkanes of at least 4 members (excludes halogenated alkanes) is 1. The van der Waals surface area contributed by atoms with Crippen LogP contribution in [0.3, 0.4) is 0 Å². The lowest BCUT2D eigenvalue weighted by molar-refractivity contribution is 0.0473. The van der Waals surface area contributed by atoms with E-state index in [1.807, 2.05) is 0 Å². The fraction of sp³-hybridized carbons (Fsp3) is 0.647. The molecular weight excluding hydrogens is 268 g/mol. The van der Waals surface area contributed by atoms with E-state index in [-0.39, 0.29) is 11.5 Å². The largest absolute Gasteiger partial charge is 0.390 e. The molecule has 1 aromatic carbocycles. The van der Waals surface area contributed by atoms with Gasteiger partial charge in [0, 0.05) is 17.3 Å². The van der Waals surface area contributed by atoms with Crippen molar-refractivity contribution in [3.8, 4) is 0 Å². The quantitative estimate of drug-likeness (QED) is 0.574. The van der Waals surface area contributed by atoms with Crippen molar-refractivity contribution < 1.29 is 9.84 Å². The molecule has 1 aromatic rings. The van der Waals surface area contributed by atoms with Crippen molar-refractivity contribution in [1.29, 1.82) is 0 Å². The van der Waals surface area contributed by atoms with Gasteiger partial charge in [-0.2, -0.15) is 0 Å². The molecule has 1 rings (SSSR count). The maximum absolute atomic E-state index is 9.85. The van der Waals surface area contributed by atoms with Crippen LogP contribution in [0.2, 0.25) is 0 Å². The molecule has 0 aliphatic rings. The van der Waals surface area contributed by atoms with E-state index in [4.69, 9.17) is 4.74 Å². The molecule has 1 unspecified atom stereocenters. The Morgan fingerprint density at radius 1 is 1.20 bits per heavy atom. The first-order chi connectivity index (χ1) is 9.43. The third-order valence-electron chi connectivity index (χ3n) is 3.12. The van der Waals surface area contributed by atoms with Gasteiger partial charge in [0.1, 0.15) is 0 Å². The van der Waals surface area contributed by atoms with Crippen molar-refractivity contribution in [2.75, 3.05) is 19.0 Å². The molecule has 2 nitrogen and oxygen atoms in total. The minimum atomic E-state index is -0.390. The number of thioether (sulfide) groups is 1. The standard InChI is InChI=1S/C17H28O2S/c1-5-6-11-19-12-15(18)13-20-16-9-7-14(8-10-16)17(2,3)4/h7-10,15,18H,5-6,11-13H2,1-4H3. The average Bonchev–Trinajstić information content (AvgIpc) is 2.41. The van der Waals surface area contributed by atoms with Gasteiger partial charge in [0.25, 0.3) is 0 Å². The Morgan fingerprint density at radius 3 is 2.40 bits per heavy atom. The van der Waals surface area contributed by atoms with Gasteiger partial charge in [-0.1, -0.05) is 46.2 Å². The van der Waals surface area contributed by atoms with Gasteiger partial charge in [-0.15, -0.1) is 11.8 Å². The molecule has 0 aromatic heterocycles. The van der Waals surface area contributed by atoms with Crippen molar-refractivity contribution >= 4 is 11.8 Å². The lowest BCUT2D eigenvalue weighted by atomic mass is 9.87. The summed E-state index contributed by atoms with van der Waals surface area (Å²) in [6.45, 7) is 9.97. The first-order valence-corrected chi connectivity index (χ1v) is 8.41. The number of aliphatic hydroxyl groups excluding tert-OH is 1. The maximum atomic E-state index is 9.85. The predicted octanol–water partition coefficient (Wildman–Crippen LogP) is 4.25. The Bertz CT molecular complexity index is 368. The summed E-state index contributed by atoms with van der Waals surface area (Å²) in [4.78, 5) is 1.20. The summed E-state index contributed by atoms with van der Waals surface area (Å²) in [7, 11) is 0. The van der Waals surface area contributed by atoms with Crippen LogP contribution in [0, 0.1) is 0 Å². The fourth-order valence-electron chi connectivity index (χ4n) is 1.76. The zero-order valence-corrected chi connectivity index (χ0v) is 14.0. The smallest absolute Gasteiger partial charge is 0.0867 e. The van der Waals surface area contributed by atoms with Gasteiger partial charge in [0.05, 0.1) is 12.7 Å². The van der Waals surface area contributed by atoms with E-state index in [0.29, 0.717) is 12.4 Å². The minimum absolute atomic E-state index is 0.190. The molecule has 0 aliphatic carbocycles. The van der Waals surface area contributed by atoms with Crippen LogP contribution in [0.4, 0.5) is 0 Å². The third-order valence-corrected chi connectivity index (χ3v) is 4.27. The second kappa shape index (κ2) is 8.71. The molecule has 0 bridgehead atoms. The number of hydrogen-bond donors (Lipinski definition) is 1. The average molecular weight is 296 g/mol. The van der Waals surface area contributed by atoms with Crippen molar-refractivity contribution in [2.45, 2.75) is 57.0 Å². The van der Waals surface area contributed by atoms with Crippen LogP contribution in [-0.4, -0.2) is 30.2 Å². The molecule has 1 atom stereocenters. The van der Waals surface area contributed by atoms with Gasteiger partial charge < -0.3 is 9.84 Å². The molecule has 114 valence electrons.